The van der Waals surface area contributed by atoms with Gasteiger partial charge in [0.25, 0.3) is 5.91 Å². The zero-order valence-electron chi connectivity index (χ0n) is 13.8. The minimum absolute atomic E-state index is 0.0374. The highest BCUT2D eigenvalue weighted by molar-refractivity contribution is 6.34. The number of amidine groups is 1. The van der Waals surface area contributed by atoms with Crippen molar-refractivity contribution >= 4 is 29.0 Å². The molecule has 1 amide bonds. The number of hydrogen-bond acceptors (Lipinski definition) is 4. The summed E-state index contributed by atoms with van der Waals surface area (Å²) in [5.41, 5.74) is 7.90. The molecule has 132 valence electrons. The van der Waals surface area contributed by atoms with Gasteiger partial charge in [-0.2, -0.15) is 0 Å². The van der Waals surface area contributed by atoms with Gasteiger partial charge in [0.15, 0.2) is 0 Å². The Morgan fingerprint density at radius 2 is 2.08 bits per heavy atom. The highest BCUT2D eigenvalue weighted by Gasteiger charge is 2.49. The fraction of sp³-hybridized carbons (Fsp3) is 0.263. The van der Waals surface area contributed by atoms with Crippen LogP contribution in [0.25, 0.3) is 0 Å². The van der Waals surface area contributed by atoms with Crippen LogP contribution in [0.5, 0.6) is 0 Å². The second-order valence-electron chi connectivity index (χ2n) is 6.99. The van der Waals surface area contributed by atoms with Gasteiger partial charge in [-0.15, -0.1) is 0 Å². The number of anilines is 1. The van der Waals surface area contributed by atoms with Crippen LogP contribution in [0.4, 0.5) is 10.1 Å². The number of benzene rings is 2. The highest BCUT2D eigenvalue weighted by Crippen LogP contribution is 2.47. The van der Waals surface area contributed by atoms with Gasteiger partial charge in [0.05, 0.1) is 22.2 Å². The Morgan fingerprint density at radius 1 is 1.27 bits per heavy atom. The van der Waals surface area contributed by atoms with E-state index in [2.05, 4.69) is 10.3 Å². The summed E-state index contributed by atoms with van der Waals surface area (Å²) >= 11 is 6.26. The van der Waals surface area contributed by atoms with Gasteiger partial charge >= 0.3 is 0 Å². The summed E-state index contributed by atoms with van der Waals surface area (Å²) in [4.78, 5) is 19.2. The van der Waals surface area contributed by atoms with Crippen molar-refractivity contribution in [1.82, 2.24) is 4.90 Å². The van der Waals surface area contributed by atoms with Crippen molar-refractivity contribution < 1.29 is 9.18 Å². The van der Waals surface area contributed by atoms with Crippen molar-refractivity contribution in [1.29, 1.82) is 0 Å². The summed E-state index contributed by atoms with van der Waals surface area (Å²) in [6, 6.07) is 10.2. The van der Waals surface area contributed by atoms with Crippen LogP contribution in [0.3, 0.4) is 0 Å². The van der Waals surface area contributed by atoms with E-state index in [0.717, 1.165) is 5.56 Å². The first-order chi connectivity index (χ1) is 12.5. The molecular weight excluding hydrogens is 355 g/mol. The highest BCUT2D eigenvalue weighted by atomic mass is 35.5. The van der Waals surface area contributed by atoms with Crippen LogP contribution < -0.4 is 11.1 Å². The number of nitrogens with zero attached hydrogens (tertiary/aromatic N) is 2. The van der Waals surface area contributed by atoms with E-state index >= 15 is 0 Å². The monoisotopic (exact) mass is 370 g/mol. The second-order valence-corrected chi connectivity index (χ2v) is 7.40. The van der Waals surface area contributed by atoms with Crippen molar-refractivity contribution in [3.63, 3.8) is 0 Å². The molecule has 0 radical (unpaired) electrons. The predicted octanol–water partition coefficient (Wildman–Crippen LogP) is 3.30. The first kappa shape index (κ1) is 15.6. The molecule has 3 N–H and O–H groups in total. The maximum atomic E-state index is 14.1. The van der Waals surface area contributed by atoms with Crippen LogP contribution in [0.2, 0.25) is 5.02 Å². The first-order valence-electron chi connectivity index (χ1n) is 8.51. The number of aliphatic imine (C=N–C) groups is 1. The predicted molar refractivity (Wildman–Crippen MR) is 97.9 cm³/mol. The Kier molecular flexibility index (Phi) is 3.13. The number of nitrogens with one attached hydrogen (secondary N) is 1. The smallest absolute Gasteiger partial charge is 0.256 e. The maximum absolute atomic E-state index is 14.1. The third-order valence-corrected chi connectivity index (χ3v) is 5.84. The molecule has 0 bridgehead atoms. The Morgan fingerprint density at radius 3 is 2.92 bits per heavy atom. The molecule has 1 unspecified atom stereocenters. The maximum Gasteiger partial charge on any atom is 0.256 e. The lowest BCUT2D eigenvalue weighted by atomic mass is 9.87. The van der Waals surface area contributed by atoms with E-state index in [1.54, 1.807) is 18.2 Å². The first-order valence-corrected chi connectivity index (χ1v) is 8.89. The minimum atomic E-state index is -0.656. The Bertz CT molecular complexity index is 991. The minimum Gasteiger partial charge on any atom is -0.383 e. The molecule has 1 fully saturated rings. The van der Waals surface area contributed by atoms with Crippen LogP contribution in [-0.4, -0.2) is 28.9 Å². The molecule has 26 heavy (non-hydrogen) atoms. The number of carbonyl (C=O) groups is 1. The van der Waals surface area contributed by atoms with Gasteiger partial charge in [-0.05, 0) is 23.8 Å². The van der Waals surface area contributed by atoms with Crippen molar-refractivity contribution in [2.24, 2.45) is 10.7 Å². The molecule has 2 atom stereocenters. The average Bonchev–Trinajstić information content (AvgIpc) is 2.87. The molecule has 3 aliphatic rings. The molecule has 2 aromatic rings. The largest absolute Gasteiger partial charge is 0.383 e. The van der Waals surface area contributed by atoms with E-state index in [1.807, 2.05) is 17.0 Å². The third kappa shape index (κ3) is 2.02. The van der Waals surface area contributed by atoms with Crippen molar-refractivity contribution in [2.45, 2.75) is 24.5 Å². The van der Waals surface area contributed by atoms with Crippen LogP contribution in [0.1, 0.15) is 40.4 Å². The zero-order chi connectivity index (χ0) is 18.1. The van der Waals surface area contributed by atoms with Crippen LogP contribution >= 0.6 is 11.6 Å². The van der Waals surface area contributed by atoms with E-state index in [9.17, 15) is 9.18 Å². The Hall–Kier alpha value is -2.60. The van der Waals surface area contributed by atoms with Crippen molar-refractivity contribution in [2.75, 3.05) is 11.9 Å². The van der Waals surface area contributed by atoms with Gasteiger partial charge in [-0.3, -0.25) is 4.79 Å². The number of piperidine rings is 1. The SMILES string of the molecule is NC1=N[C@@]2(CCN3C(=O)c4c(Cl)cccc4C3C2)Nc2cccc(F)c21. The number of halogens is 2. The zero-order valence-corrected chi connectivity index (χ0v) is 14.6. The van der Waals surface area contributed by atoms with Crippen LogP contribution in [0, 0.1) is 5.82 Å². The summed E-state index contributed by atoms with van der Waals surface area (Å²) in [5, 5.41) is 3.85. The molecule has 0 aromatic heterocycles. The second kappa shape index (κ2) is 5.20. The Labute approximate surface area is 154 Å². The third-order valence-electron chi connectivity index (χ3n) is 5.52. The summed E-state index contributed by atoms with van der Waals surface area (Å²) in [5.74, 6) is -0.234. The van der Waals surface area contributed by atoms with Gasteiger partial charge in [0.2, 0.25) is 0 Å². The number of fused-ring (bicyclic) bond motifs is 4. The number of hydrogen-bond donors (Lipinski definition) is 2. The topological polar surface area (TPSA) is 70.7 Å². The molecule has 1 saturated heterocycles. The van der Waals surface area contributed by atoms with Gasteiger partial charge in [-0.1, -0.05) is 29.8 Å². The standard InChI is InChI=1S/C19H16ClFN4O/c20-11-4-1-3-10-14-9-19(7-8-25(14)18(26)15(10)11)23-13-6-2-5-12(21)16(13)17(22)24-19/h1-6,14,23H,7-9H2,(H2,22,24)/t14?,19-/m1/s1. The van der Waals surface area contributed by atoms with Crippen LogP contribution in [-0.2, 0) is 0 Å². The molecule has 7 heteroatoms. The molecular formula is C19H16ClFN4O. The van der Waals surface area contributed by atoms with E-state index in [-0.39, 0.29) is 17.8 Å². The number of amides is 1. The fourth-order valence-electron chi connectivity index (χ4n) is 4.37. The van der Waals surface area contributed by atoms with Crippen molar-refractivity contribution in [3.8, 4) is 0 Å². The lowest BCUT2D eigenvalue weighted by Gasteiger charge is -2.44. The summed E-state index contributed by atoms with van der Waals surface area (Å²) in [6.07, 6.45) is 1.15. The molecule has 5 nitrogen and oxygen atoms in total. The van der Waals surface area contributed by atoms with Gasteiger partial charge in [0.1, 0.15) is 17.3 Å². The fourth-order valence-corrected chi connectivity index (χ4v) is 4.63. The van der Waals surface area contributed by atoms with Crippen LogP contribution in [0.15, 0.2) is 41.4 Å². The number of rotatable bonds is 0. The summed E-state index contributed by atoms with van der Waals surface area (Å²) < 4.78 is 14.1. The molecule has 3 heterocycles. The lowest BCUT2D eigenvalue weighted by molar-refractivity contribution is 0.0606. The lowest BCUT2D eigenvalue weighted by Crippen LogP contribution is -2.51. The van der Waals surface area contributed by atoms with Gasteiger partial charge in [-0.25, -0.2) is 9.38 Å². The average molecular weight is 371 g/mol. The quantitative estimate of drug-likeness (QED) is 0.747. The van der Waals surface area contributed by atoms with Crippen molar-refractivity contribution in [3.05, 3.63) is 63.9 Å². The normalized spacial score (nSPS) is 26.1. The number of nitrogens with two attached hydrogens (primary N) is 1. The number of carbonyl (C=O) groups excluding carboxylic acids is 1. The molecule has 3 aliphatic heterocycles. The molecule has 1 spiro atoms. The van der Waals surface area contributed by atoms with E-state index in [4.69, 9.17) is 17.3 Å². The molecule has 0 saturated carbocycles. The summed E-state index contributed by atoms with van der Waals surface area (Å²) in [7, 11) is 0. The molecule has 5 rings (SSSR count). The molecule has 0 aliphatic carbocycles. The van der Waals surface area contributed by atoms with E-state index in [1.165, 1.54) is 6.07 Å². The Balaban J connectivity index is 1.57. The van der Waals surface area contributed by atoms with E-state index < -0.39 is 11.5 Å². The summed E-state index contributed by atoms with van der Waals surface area (Å²) in [6.45, 7) is 0.531. The van der Waals surface area contributed by atoms with E-state index in [0.29, 0.717) is 41.2 Å². The molecule has 2 aromatic carbocycles. The van der Waals surface area contributed by atoms with Gasteiger partial charge < -0.3 is 16.0 Å². The van der Waals surface area contributed by atoms with Gasteiger partial charge in [0, 0.05) is 25.1 Å².